The van der Waals surface area contributed by atoms with Gasteiger partial charge in [0, 0.05) is 83.7 Å². The molecule has 1 saturated carbocycles. The largest absolute Gasteiger partial charge is 0.481 e. The van der Waals surface area contributed by atoms with Crippen LogP contribution in [0.2, 0.25) is 0 Å². The Morgan fingerprint density at radius 3 is 1.36 bits per heavy atom. The Morgan fingerprint density at radius 1 is 0.500 bits per heavy atom. The van der Waals surface area contributed by atoms with Crippen LogP contribution in [0.4, 0.5) is 4.79 Å². The van der Waals surface area contributed by atoms with Gasteiger partial charge in [-0.25, -0.2) is 14.4 Å². The Kier molecular flexibility index (Phi) is 26.0. The molecule has 76 heavy (non-hydrogen) atoms. The molecule has 0 bridgehead atoms. The third-order valence-corrected chi connectivity index (χ3v) is 13.5. The van der Waals surface area contributed by atoms with E-state index in [-0.39, 0.29) is 109 Å². The fraction of sp³-hybridized carbons (Fsp3) is 0.569. The van der Waals surface area contributed by atoms with Crippen molar-refractivity contribution in [1.82, 2.24) is 46.2 Å². The second-order valence-corrected chi connectivity index (χ2v) is 19.2. The maximum atomic E-state index is 14.3. The van der Waals surface area contributed by atoms with Gasteiger partial charge < -0.3 is 57.2 Å². The van der Waals surface area contributed by atoms with Gasteiger partial charge in [-0.3, -0.25) is 53.2 Å². The molecule has 5 amide bonds. The van der Waals surface area contributed by atoms with Gasteiger partial charge in [0.05, 0.1) is 26.2 Å². The van der Waals surface area contributed by atoms with E-state index in [4.69, 9.17) is 5.11 Å². The van der Waals surface area contributed by atoms with E-state index in [2.05, 4.69) is 26.6 Å². The first kappa shape index (κ1) is 61.3. The lowest BCUT2D eigenvalue weighted by Crippen LogP contribution is -2.52. The summed E-state index contributed by atoms with van der Waals surface area (Å²) in [5.74, 6) is -9.41. The Balaban J connectivity index is 1.35. The van der Waals surface area contributed by atoms with Crippen LogP contribution in [-0.2, 0) is 43.2 Å². The van der Waals surface area contributed by atoms with E-state index >= 15 is 0 Å². The van der Waals surface area contributed by atoms with E-state index in [0.29, 0.717) is 45.3 Å². The number of carbonyl (C=O) groups is 10. The van der Waals surface area contributed by atoms with Crippen LogP contribution in [0.3, 0.4) is 0 Å². The lowest BCUT2D eigenvalue weighted by atomic mass is 9.80. The summed E-state index contributed by atoms with van der Waals surface area (Å²) < 4.78 is 0. The molecular formula is C51H73N9O16. The molecule has 1 heterocycles. The fourth-order valence-electron chi connectivity index (χ4n) is 9.34. The summed E-state index contributed by atoms with van der Waals surface area (Å²) in [6, 6.07) is 13.3. The van der Waals surface area contributed by atoms with Gasteiger partial charge in [-0.1, -0.05) is 60.7 Å². The Labute approximate surface area is 440 Å². The number of unbranched alkanes of at least 4 members (excludes halogenated alkanes) is 1. The first-order chi connectivity index (χ1) is 36.3. The van der Waals surface area contributed by atoms with Crippen molar-refractivity contribution in [3.63, 3.8) is 0 Å². The molecule has 2 fully saturated rings. The number of nitrogens with zero attached hydrogens (tertiary/aromatic N) is 4. The van der Waals surface area contributed by atoms with E-state index in [9.17, 15) is 73.5 Å². The van der Waals surface area contributed by atoms with E-state index in [0.717, 1.165) is 11.1 Å². The number of benzene rings is 2. The summed E-state index contributed by atoms with van der Waals surface area (Å²) in [7, 11) is 0. The Hall–Kier alpha value is -7.22. The maximum absolute atomic E-state index is 14.3. The molecule has 0 unspecified atom stereocenters. The van der Waals surface area contributed by atoms with Crippen molar-refractivity contribution in [2.75, 3.05) is 91.6 Å². The molecule has 2 aromatic rings. The molecule has 2 aliphatic rings. The number of aliphatic carboxylic acids is 6. The van der Waals surface area contributed by atoms with Crippen LogP contribution < -0.4 is 26.6 Å². The number of amides is 5. The monoisotopic (exact) mass is 1070 g/mol. The lowest BCUT2D eigenvalue weighted by molar-refractivity contribution is -0.141. The highest BCUT2D eigenvalue weighted by molar-refractivity contribution is 5.90. The SMILES string of the molecule is O=C(O)CC[C@H](NC(=O)N[C@@H](CCCCNC(=O)[C@@H](NC(=O)C1CCC(CNC(=O)CN2CCN(CC(=O)O)CCN(CC(=O)O)CCN(CC(=O)O)CC2)CC1)C(c1ccccc1)c1ccccc1)C(=O)O)C(=O)O. The summed E-state index contributed by atoms with van der Waals surface area (Å²) in [4.78, 5) is 131. The number of carboxylic acids is 6. The molecule has 3 atom stereocenters. The fourth-order valence-corrected chi connectivity index (χ4v) is 9.34. The van der Waals surface area contributed by atoms with Gasteiger partial charge in [-0.05, 0) is 68.4 Å². The molecule has 1 saturated heterocycles. The highest BCUT2D eigenvalue weighted by Crippen LogP contribution is 2.32. The highest BCUT2D eigenvalue weighted by Gasteiger charge is 2.36. The van der Waals surface area contributed by atoms with Crippen molar-refractivity contribution in [1.29, 1.82) is 0 Å². The van der Waals surface area contributed by atoms with Crippen LogP contribution in [0.5, 0.6) is 0 Å². The zero-order valence-electron chi connectivity index (χ0n) is 42.6. The molecule has 0 radical (unpaired) electrons. The molecule has 25 nitrogen and oxygen atoms in total. The second kappa shape index (κ2) is 32.3. The highest BCUT2D eigenvalue weighted by atomic mass is 16.4. The summed E-state index contributed by atoms with van der Waals surface area (Å²) in [6.45, 7) is 1.63. The summed E-state index contributed by atoms with van der Waals surface area (Å²) in [6.07, 6.45) is 1.60. The average Bonchev–Trinajstić information content (AvgIpc) is 3.37. The summed E-state index contributed by atoms with van der Waals surface area (Å²) in [5, 5.41) is 69.8. The molecule has 2 aromatic carbocycles. The Bertz CT molecular complexity index is 2180. The van der Waals surface area contributed by atoms with Crippen LogP contribution in [-0.4, -0.2) is 220 Å². The van der Waals surface area contributed by atoms with Crippen molar-refractivity contribution in [2.45, 2.75) is 81.8 Å². The normalized spacial score (nSPS) is 18.5. The van der Waals surface area contributed by atoms with Crippen molar-refractivity contribution >= 4 is 59.6 Å². The first-order valence-electron chi connectivity index (χ1n) is 25.5. The van der Waals surface area contributed by atoms with Gasteiger partial charge in [0.15, 0.2) is 0 Å². The quantitative estimate of drug-likeness (QED) is 0.0502. The summed E-state index contributed by atoms with van der Waals surface area (Å²) >= 11 is 0. The van der Waals surface area contributed by atoms with Crippen molar-refractivity contribution < 1.29 is 78.6 Å². The molecular weight excluding hydrogens is 995 g/mol. The van der Waals surface area contributed by atoms with E-state index < -0.39 is 90.6 Å². The minimum Gasteiger partial charge on any atom is -0.481 e. The van der Waals surface area contributed by atoms with Crippen LogP contribution >= 0.6 is 0 Å². The number of carbonyl (C=O) groups excluding carboxylic acids is 4. The number of rotatable bonds is 28. The number of carboxylic acid groups (broad SMARTS) is 6. The minimum atomic E-state index is -1.56. The first-order valence-corrected chi connectivity index (χ1v) is 25.5. The van der Waals surface area contributed by atoms with Gasteiger partial charge in [-0.2, -0.15) is 0 Å². The van der Waals surface area contributed by atoms with Gasteiger partial charge >= 0.3 is 41.8 Å². The molecule has 1 aliphatic heterocycles. The van der Waals surface area contributed by atoms with Crippen molar-refractivity contribution in [2.24, 2.45) is 11.8 Å². The Morgan fingerprint density at radius 2 is 0.934 bits per heavy atom. The van der Waals surface area contributed by atoms with Crippen LogP contribution in [0.25, 0.3) is 0 Å². The van der Waals surface area contributed by atoms with Gasteiger partial charge in [0.2, 0.25) is 17.7 Å². The number of nitrogens with one attached hydrogen (secondary N) is 5. The molecule has 11 N–H and O–H groups in total. The number of hydrogen-bond donors (Lipinski definition) is 11. The molecule has 1 aliphatic carbocycles. The van der Waals surface area contributed by atoms with Crippen molar-refractivity contribution in [3.8, 4) is 0 Å². The van der Waals surface area contributed by atoms with E-state index in [1.165, 1.54) is 0 Å². The topological polar surface area (TPSA) is 365 Å². The standard InChI is InChI=1S/C51H73N9O16/c61-40(30-57-21-23-58(31-42(64)65)25-27-60(33-44(68)69)28-26-59(24-22-57)32-43(66)67)53-29-34-14-16-37(17-15-34)47(70)56-46(45(35-9-3-1-4-10-35)36-11-5-2-6-12-36)48(71)52-20-8-7-13-38(49(72)73)54-51(76)55-39(50(74)75)18-19-41(62)63/h1-6,9-12,34,37-39,45-46H,7-8,13-33H2,(H,52,71)(H,53,61)(H,56,70)(H,62,63)(H,64,65)(H,66,67)(H,68,69)(H,72,73)(H,74,75)(H2,54,55,76)/t34?,37?,38-,39-,46-/m0/s1. The second-order valence-electron chi connectivity index (χ2n) is 19.2. The molecule has 25 heteroatoms. The van der Waals surface area contributed by atoms with Gasteiger partial charge in [0.25, 0.3) is 0 Å². The lowest BCUT2D eigenvalue weighted by Gasteiger charge is -2.33. The van der Waals surface area contributed by atoms with E-state index in [1.54, 1.807) is 14.7 Å². The van der Waals surface area contributed by atoms with E-state index in [1.807, 2.05) is 65.6 Å². The van der Waals surface area contributed by atoms with Crippen LogP contribution in [0, 0.1) is 11.8 Å². The van der Waals surface area contributed by atoms with Crippen LogP contribution in [0.15, 0.2) is 60.7 Å². The maximum Gasteiger partial charge on any atom is 0.326 e. The predicted molar refractivity (Wildman–Crippen MR) is 272 cm³/mol. The minimum absolute atomic E-state index is 0.0354. The molecule has 0 aromatic heterocycles. The number of hydrogen-bond acceptors (Lipinski definition) is 14. The van der Waals surface area contributed by atoms with Gasteiger partial charge in [-0.15, -0.1) is 0 Å². The third-order valence-electron chi connectivity index (χ3n) is 13.5. The van der Waals surface area contributed by atoms with Gasteiger partial charge in [0.1, 0.15) is 18.1 Å². The predicted octanol–water partition coefficient (Wildman–Crippen LogP) is 0.0582. The molecule has 4 rings (SSSR count). The van der Waals surface area contributed by atoms with Crippen molar-refractivity contribution in [3.05, 3.63) is 71.8 Å². The third kappa shape index (κ3) is 22.7. The average molecular weight is 1070 g/mol. The smallest absolute Gasteiger partial charge is 0.326 e. The summed E-state index contributed by atoms with van der Waals surface area (Å²) in [5.41, 5.74) is 1.53. The molecule has 418 valence electrons. The zero-order valence-corrected chi connectivity index (χ0v) is 42.6. The molecule has 0 spiro atoms. The van der Waals surface area contributed by atoms with Crippen LogP contribution in [0.1, 0.15) is 74.8 Å². The zero-order chi connectivity index (χ0) is 55.6. The number of urea groups is 1.